The Labute approximate surface area is 116 Å². The van der Waals surface area contributed by atoms with Crippen molar-refractivity contribution in [3.05, 3.63) is 52.8 Å². The molecule has 19 heavy (non-hydrogen) atoms. The number of hydrogen-bond acceptors (Lipinski definition) is 2. The lowest BCUT2D eigenvalue weighted by atomic mass is 10.2. The van der Waals surface area contributed by atoms with Gasteiger partial charge < -0.3 is 15.0 Å². The van der Waals surface area contributed by atoms with Gasteiger partial charge in [0.15, 0.2) is 0 Å². The number of aromatic nitrogens is 1. The van der Waals surface area contributed by atoms with Crippen LogP contribution in [-0.4, -0.2) is 15.6 Å². The van der Waals surface area contributed by atoms with Gasteiger partial charge in [-0.25, -0.2) is 4.79 Å². The van der Waals surface area contributed by atoms with Gasteiger partial charge in [0.25, 0.3) is 0 Å². The van der Waals surface area contributed by atoms with Crippen molar-refractivity contribution in [3.63, 3.8) is 0 Å². The van der Waals surface area contributed by atoms with E-state index in [0.29, 0.717) is 6.54 Å². The normalized spacial score (nSPS) is 10.4. The van der Waals surface area contributed by atoms with Crippen molar-refractivity contribution < 1.29 is 9.90 Å². The van der Waals surface area contributed by atoms with E-state index in [2.05, 4.69) is 16.8 Å². The summed E-state index contributed by atoms with van der Waals surface area (Å²) in [5.74, 6) is -1.02. The first kappa shape index (κ1) is 13.5. The molecule has 0 spiro atoms. The number of rotatable bonds is 5. The first-order valence-corrected chi connectivity index (χ1v) is 6.40. The van der Waals surface area contributed by atoms with Crippen LogP contribution in [0.2, 0.25) is 5.02 Å². The molecule has 100 valence electrons. The van der Waals surface area contributed by atoms with E-state index in [1.165, 1.54) is 0 Å². The molecular weight excluding hydrogens is 264 g/mol. The minimum absolute atomic E-state index is 0.109. The van der Waals surface area contributed by atoms with Crippen LogP contribution in [0.1, 0.15) is 23.0 Å². The fourth-order valence-electron chi connectivity index (χ4n) is 1.91. The van der Waals surface area contributed by atoms with Crippen LogP contribution < -0.4 is 5.32 Å². The lowest BCUT2D eigenvalue weighted by Crippen LogP contribution is -2.07. The van der Waals surface area contributed by atoms with Crippen LogP contribution in [-0.2, 0) is 13.1 Å². The van der Waals surface area contributed by atoms with Crippen molar-refractivity contribution in [1.29, 1.82) is 0 Å². The molecule has 1 aromatic carbocycles. The first-order chi connectivity index (χ1) is 9.11. The molecule has 0 saturated heterocycles. The van der Waals surface area contributed by atoms with Gasteiger partial charge in [0.05, 0.1) is 17.1 Å². The third-order valence-corrected chi connectivity index (χ3v) is 3.26. The molecule has 0 aliphatic carbocycles. The summed E-state index contributed by atoms with van der Waals surface area (Å²) >= 11 is 5.83. The van der Waals surface area contributed by atoms with Crippen molar-refractivity contribution >= 4 is 23.3 Å². The van der Waals surface area contributed by atoms with Crippen molar-refractivity contribution in [2.75, 3.05) is 5.32 Å². The number of carboxylic acid groups (broad SMARTS) is 1. The van der Waals surface area contributed by atoms with Crippen LogP contribution in [0.4, 0.5) is 5.69 Å². The van der Waals surface area contributed by atoms with Gasteiger partial charge in [-0.3, -0.25) is 0 Å². The van der Waals surface area contributed by atoms with Crippen LogP contribution in [0.3, 0.4) is 0 Å². The van der Waals surface area contributed by atoms with Crippen molar-refractivity contribution in [2.24, 2.45) is 0 Å². The minimum Gasteiger partial charge on any atom is -0.478 e. The Hall–Kier alpha value is -1.94. The van der Waals surface area contributed by atoms with Gasteiger partial charge in [0.1, 0.15) is 0 Å². The Morgan fingerprint density at radius 3 is 2.89 bits per heavy atom. The van der Waals surface area contributed by atoms with E-state index in [4.69, 9.17) is 16.7 Å². The molecule has 0 amide bonds. The standard InChI is InChI=1S/C14H15ClN2O2/c1-2-17-7-3-4-11(17)9-16-10-5-6-13(15)12(8-10)14(18)19/h3-8,16H,2,9H2,1H3,(H,18,19). The number of benzene rings is 1. The van der Waals surface area contributed by atoms with E-state index in [1.807, 2.05) is 18.3 Å². The summed E-state index contributed by atoms with van der Waals surface area (Å²) < 4.78 is 2.13. The molecule has 1 heterocycles. The number of aryl methyl sites for hydroxylation is 1. The number of carbonyl (C=O) groups is 1. The smallest absolute Gasteiger partial charge is 0.337 e. The molecule has 4 nitrogen and oxygen atoms in total. The highest BCUT2D eigenvalue weighted by molar-refractivity contribution is 6.33. The average Bonchev–Trinajstić information content (AvgIpc) is 2.84. The number of halogens is 1. The van der Waals surface area contributed by atoms with Crippen LogP contribution in [0.15, 0.2) is 36.5 Å². The van der Waals surface area contributed by atoms with Gasteiger partial charge in [-0.1, -0.05) is 11.6 Å². The van der Waals surface area contributed by atoms with E-state index in [1.54, 1.807) is 18.2 Å². The lowest BCUT2D eigenvalue weighted by molar-refractivity contribution is 0.0697. The minimum atomic E-state index is -1.02. The fraction of sp³-hybridized carbons (Fsp3) is 0.214. The molecule has 0 saturated carbocycles. The van der Waals surface area contributed by atoms with Crippen molar-refractivity contribution in [2.45, 2.75) is 20.0 Å². The number of nitrogens with one attached hydrogen (secondary N) is 1. The highest BCUT2D eigenvalue weighted by Gasteiger charge is 2.09. The van der Waals surface area contributed by atoms with Crippen LogP contribution >= 0.6 is 11.6 Å². The number of aromatic carboxylic acids is 1. The highest BCUT2D eigenvalue weighted by atomic mass is 35.5. The van der Waals surface area contributed by atoms with Gasteiger partial charge in [0.2, 0.25) is 0 Å². The first-order valence-electron chi connectivity index (χ1n) is 6.02. The van der Waals surface area contributed by atoms with Crippen LogP contribution in [0.25, 0.3) is 0 Å². The summed E-state index contributed by atoms with van der Waals surface area (Å²) in [7, 11) is 0. The van der Waals surface area contributed by atoms with E-state index in [9.17, 15) is 4.79 Å². The monoisotopic (exact) mass is 278 g/mol. The zero-order valence-corrected chi connectivity index (χ0v) is 11.3. The SMILES string of the molecule is CCn1cccc1CNc1ccc(Cl)c(C(=O)O)c1. The predicted molar refractivity (Wildman–Crippen MR) is 75.8 cm³/mol. The summed E-state index contributed by atoms with van der Waals surface area (Å²) in [5, 5.41) is 12.5. The maximum Gasteiger partial charge on any atom is 0.337 e. The van der Waals surface area contributed by atoms with Crippen LogP contribution in [0, 0.1) is 0 Å². The molecular formula is C14H15ClN2O2. The molecule has 5 heteroatoms. The predicted octanol–water partition coefficient (Wildman–Crippen LogP) is 3.47. The highest BCUT2D eigenvalue weighted by Crippen LogP contribution is 2.21. The third-order valence-electron chi connectivity index (χ3n) is 2.93. The lowest BCUT2D eigenvalue weighted by Gasteiger charge is -2.10. The number of nitrogens with zero attached hydrogens (tertiary/aromatic N) is 1. The fourth-order valence-corrected chi connectivity index (χ4v) is 2.11. The molecule has 0 radical (unpaired) electrons. The molecule has 2 rings (SSSR count). The topological polar surface area (TPSA) is 54.3 Å². The molecule has 1 aromatic heterocycles. The van der Waals surface area contributed by atoms with Gasteiger partial charge in [-0.05, 0) is 37.3 Å². The number of carboxylic acids is 1. The molecule has 0 unspecified atom stereocenters. The van der Waals surface area contributed by atoms with Crippen molar-refractivity contribution in [1.82, 2.24) is 4.57 Å². The molecule has 0 aliphatic rings. The largest absolute Gasteiger partial charge is 0.478 e. The Bertz CT molecular complexity index is 593. The zero-order chi connectivity index (χ0) is 13.8. The van der Waals surface area contributed by atoms with Gasteiger partial charge in [0, 0.05) is 24.1 Å². The van der Waals surface area contributed by atoms with Crippen molar-refractivity contribution in [3.8, 4) is 0 Å². The van der Waals surface area contributed by atoms with Gasteiger partial charge >= 0.3 is 5.97 Å². The molecule has 0 bridgehead atoms. The summed E-state index contributed by atoms with van der Waals surface area (Å²) in [6, 6.07) is 8.93. The second-order valence-corrected chi connectivity index (χ2v) is 4.55. The van der Waals surface area contributed by atoms with Gasteiger partial charge in [-0.15, -0.1) is 0 Å². The van der Waals surface area contributed by atoms with Gasteiger partial charge in [-0.2, -0.15) is 0 Å². The molecule has 2 aromatic rings. The van der Waals surface area contributed by atoms with Crippen LogP contribution in [0.5, 0.6) is 0 Å². The Kier molecular flexibility index (Phi) is 4.12. The summed E-state index contributed by atoms with van der Waals surface area (Å²) in [6.45, 7) is 3.63. The Balaban J connectivity index is 2.12. The van der Waals surface area contributed by atoms with E-state index >= 15 is 0 Å². The van der Waals surface area contributed by atoms with E-state index < -0.39 is 5.97 Å². The Morgan fingerprint density at radius 2 is 2.21 bits per heavy atom. The number of hydrogen-bond donors (Lipinski definition) is 2. The molecule has 0 fully saturated rings. The maximum atomic E-state index is 11.0. The average molecular weight is 279 g/mol. The second kappa shape index (κ2) is 5.80. The molecule has 0 atom stereocenters. The summed E-state index contributed by atoms with van der Waals surface area (Å²) in [4.78, 5) is 11.0. The number of anilines is 1. The maximum absolute atomic E-state index is 11.0. The summed E-state index contributed by atoms with van der Waals surface area (Å²) in [6.07, 6.45) is 2.02. The quantitative estimate of drug-likeness (QED) is 0.880. The second-order valence-electron chi connectivity index (χ2n) is 4.14. The molecule has 0 aliphatic heterocycles. The van der Waals surface area contributed by atoms with E-state index in [-0.39, 0.29) is 10.6 Å². The Morgan fingerprint density at radius 1 is 1.42 bits per heavy atom. The zero-order valence-electron chi connectivity index (χ0n) is 10.6. The molecule has 2 N–H and O–H groups in total. The van der Waals surface area contributed by atoms with E-state index in [0.717, 1.165) is 17.9 Å². The third kappa shape index (κ3) is 3.09. The summed E-state index contributed by atoms with van der Waals surface area (Å²) in [5.41, 5.74) is 2.00.